The van der Waals surface area contributed by atoms with E-state index >= 15 is 0 Å². The third-order valence-corrected chi connectivity index (χ3v) is 3.77. The van der Waals surface area contributed by atoms with Crippen molar-refractivity contribution < 1.29 is 13.2 Å². The molecule has 0 atom stereocenters. The minimum Gasteiger partial charge on any atom is -0.492 e. The molecule has 0 fully saturated rings. The molecule has 0 heterocycles. The average Bonchev–Trinajstić information content (AvgIpc) is 2.27. The zero-order valence-electron chi connectivity index (χ0n) is 10.6. The van der Waals surface area contributed by atoms with Crippen molar-refractivity contribution in [3.8, 4) is 5.75 Å². The van der Waals surface area contributed by atoms with Gasteiger partial charge >= 0.3 is 0 Å². The van der Waals surface area contributed by atoms with Crippen molar-refractivity contribution in [2.45, 2.75) is 13.3 Å². The normalized spacial score (nSPS) is 11.3. The van der Waals surface area contributed by atoms with Gasteiger partial charge in [-0.05, 0) is 31.5 Å². The van der Waals surface area contributed by atoms with Crippen LogP contribution in [0.4, 0.5) is 5.69 Å². The van der Waals surface area contributed by atoms with Gasteiger partial charge in [-0.1, -0.05) is 15.9 Å². The average molecular weight is 336 g/mol. The molecule has 0 bridgehead atoms. The lowest BCUT2D eigenvalue weighted by molar-refractivity contribution is 0.341. The Morgan fingerprint density at radius 2 is 2.11 bits per heavy atom. The highest BCUT2D eigenvalue weighted by atomic mass is 79.9. The molecule has 1 aromatic carbocycles. The molecular weight excluding hydrogens is 318 g/mol. The molecule has 0 saturated heterocycles. The van der Waals surface area contributed by atoms with Crippen LogP contribution in [0.2, 0.25) is 0 Å². The van der Waals surface area contributed by atoms with E-state index in [9.17, 15) is 8.42 Å². The van der Waals surface area contributed by atoms with E-state index in [2.05, 4.69) is 21.2 Å². The number of hydrogen-bond donors (Lipinski definition) is 1. The lowest BCUT2D eigenvalue weighted by atomic mass is 10.3. The molecular formula is C12H18BrNO3S. The summed E-state index contributed by atoms with van der Waals surface area (Å²) in [4.78, 5) is 0. The zero-order chi connectivity index (χ0) is 13.6. The fraction of sp³-hybridized carbons (Fsp3) is 0.500. The quantitative estimate of drug-likeness (QED) is 0.778. The Morgan fingerprint density at radius 3 is 2.72 bits per heavy atom. The highest BCUT2D eigenvalue weighted by molar-refractivity contribution is 9.10. The second kappa shape index (κ2) is 6.99. The van der Waals surface area contributed by atoms with Gasteiger partial charge in [0.05, 0.1) is 18.0 Å². The predicted molar refractivity (Wildman–Crippen MR) is 78.1 cm³/mol. The number of nitrogens with one attached hydrogen (secondary N) is 1. The van der Waals surface area contributed by atoms with Gasteiger partial charge in [-0.3, -0.25) is 0 Å². The van der Waals surface area contributed by atoms with Crippen LogP contribution in [0, 0.1) is 0 Å². The molecule has 102 valence electrons. The van der Waals surface area contributed by atoms with E-state index in [0.717, 1.165) is 15.9 Å². The largest absolute Gasteiger partial charge is 0.492 e. The summed E-state index contributed by atoms with van der Waals surface area (Å²) in [6, 6.07) is 5.71. The standard InChI is InChI=1S/C12H18BrNO3S/c1-3-17-12-6-5-10(13)9-11(12)14-7-4-8-18(2,15)16/h5-6,9,14H,3-4,7-8H2,1-2H3. The van der Waals surface area contributed by atoms with E-state index in [1.165, 1.54) is 6.26 Å². The Labute approximate surface area is 117 Å². The molecule has 1 aromatic rings. The number of sulfone groups is 1. The van der Waals surface area contributed by atoms with Gasteiger partial charge < -0.3 is 10.1 Å². The monoisotopic (exact) mass is 335 g/mol. The van der Waals surface area contributed by atoms with Gasteiger partial charge in [-0.15, -0.1) is 0 Å². The molecule has 1 rings (SSSR count). The lowest BCUT2D eigenvalue weighted by Gasteiger charge is -2.12. The predicted octanol–water partition coefficient (Wildman–Crippen LogP) is 2.69. The van der Waals surface area contributed by atoms with E-state index in [4.69, 9.17) is 4.74 Å². The SMILES string of the molecule is CCOc1ccc(Br)cc1NCCCS(C)(=O)=O. The van der Waals surface area contributed by atoms with Crippen molar-refractivity contribution in [2.75, 3.05) is 30.5 Å². The maximum atomic E-state index is 11.0. The number of hydrogen-bond acceptors (Lipinski definition) is 4. The van der Waals surface area contributed by atoms with E-state index in [-0.39, 0.29) is 5.75 Å². The molecule has 18 heavy (non-hydrogen) atoms. The summed E-state index contributed by atoms with van der Waals surface area (Å²) in [6.45, 7) is 3.12. The summed E-state index contributed by atoms with van der Waals surface area (Å²) in [5.74, 6) is 0.970. The Hall–Kier alpha value is -0.750. The van der Waals surface area contributed by atoms with Gasteiger partial charge in [-0.25, -0.2) is 8.42 Å². The van der Waals surface area contributed by atoms with Gasteiger partial charge in [-0.2, -0.15) is 0 Å². The van der Waals surface area contributed by atoms with Gasteiger partial charge in [0.25, 0.3) is 0 Å². The van der Waals surface area contributed by atoms with E-state index in [1.807, 2.05) is 25.1 Å². The Kier molecular flexibility index (Phi) is 5.95. The molecule has 0 saturated carbocycles. The minimum absolute atomic E-state index is 0.192. The van der Waals surface area contributed by atoms with Crippen LogP contribution in [-0.4, -0.2) is 33.6 Å². The molecule has 0 radical (unpaired) electrons. The van der Waals surface area contributed by atoms with Crippen molar-refractivity contribution in [3.05, 3.63) is 22.7 Å². The van der Waals surface area contributed by atoms with Crippen LogP contribution in [0.1, 0.15) is 13.3 Å². The second-order valence-corrected chi connectivity index (χ2v) is 7.16. The molecule has 6 heteroatoms. The van der Waals surface area contributed by atoms with E-state index in [0.29, 0.717) is 19.6 Å². The lowest BCUT2D eigenvalue weighted by Crippen LogP contribution is -2.10. The Morgan fingerprint density at radius 1 is 1.39 bits per heavy atom. The number of rotatable bonds is 7. The number of anilines is 1. The van der Waals surface area contributed by atoms with Crippen molar-refractivity contribution in [1.29, 1.82) is 0 Å². The van der Waals surface area contributed by atoms with Crippen LogP contribution in [0.3, 0.4) is 0 Å². The number of ether oxygens (including phenoxy) is 1. The first kappa shape index (κ1) is 15.3. The van der Waals surface area contributed by atoms with Gasteiger partial charge in [0.1, 0.15) is 15.6 Å². The molecule has 0 aliphatic heterocycles. The molecule has 0 unspecified atom stereocenters. The molecule has 1 N–H and O–H groups in total. The highest BCUT2D eigenvalue weighted by Gasteiger charge is 2.05. The van der Waals surface area contributed by atoms with Crippen LogP contribution in [0.25, 0.3) is 0 Å². The minimum atomic E-state index is -2.89. The van der Waals surface area contributed by atoms with Crippen molar-refractivity contribution >= 4 is 31.5 Å². The highest BCUT2D eigenvalue weighted by Crippen LogP contribution is 2.28. The van der Waals surface area contributed by atoms with Crippen molar-refractivity contribution in [1.82, 2.24) is 0 Å². The summed E-state index contributed by atoms with van der Waals surface area (Å²) < 4.78 is 28.5. The number of benzene rings is 1. The molecule has 0 amide bonds. The van der Waals surface area contributed by atoms with E-state index in [1.54, 1.807) is 0 Å². The first-order chi connectivity index (χ1) is 8.42. The maximum absolute atomic E-state index is 11.0. The first-order valence-electron chi connectivity index (χ1n) is 5.76. The molecule has 0 spiro atoms. The van der Waals surface area contributed by atoms with Crippen molar-refractivity contribution in [3.63, 3.8) is 0 Å². The molecule has 4 nitrogen and oxygen atoms in total. The van der Waals surface area contributed by atoms with Crippen LogP contribution < -0.4 is 10.1 Å². The number of halogens is 1. The third-order valence-electron chi connectivity index (χ3n) is 2.25. The second-order valence-electron chi connectivity index (χ2n) is 3.98. The van der Waals surface area contributed by atoms with Crippen LogP contribution >= 0.6 is 15.9 Å². The first-order valence-corrected chi connectivity index (χ1v) is 8.61. The third kappa shape index (κ3) is 5.73. The molecule has 0 aliphatic carbocycles. The van der Waals surface area contributed by atoms with E-state index < -0.39 is 9.84 Å². The smallest absolute Gasteiger partial charge is 0.147 e. The summed E-state index contributed by atoms with van der Waals surface area (Å²) in [7, 11) is -2.89. The topological polar surface area (TPSA) is 55.4 Å². The fourth-order valence-electron chi connectivity index (χ4n) is 1.48. The Bertz CT molecular complexity index is 488. The summed E-state index contributed by atoms with van der Waals surface area (Å²) >= 11 is 3.40. The zero-order valence-corrected chi connectivity index (χ0v) is 13.0. The summed E-state index contributed by atoms with van der Waals surface area (Å²) in [5.41, 5.74) is 0.875. The van der Waals surface area contributed by atoms with Crippen molar-refractivity contribution in [2.24, 2.45) is 0 Å². The van der Waals surface area contributed by atoms with Crippen LogP contribution in [0.15, 0.2) is 22.7 Å². The Balaban J connectivity index is 2.57. The van der Waals surface area contributed by atoms with Crippen LogP contribution in [0.5, 0.6) is 5.75 Å². The summed E-state index contributed by atoms with van der Waals surface area (Å²) in [6.07, 6.45) is 1.83. The van der Waals surface area contributed by atoms with Gasteiger partial charge in [0.2, 0.25) is 0 Å². The molecule has 0 aliphatic rings. The van der Waals surface area contributed by atoms with Gasteiger partial charge in [0, 0.05) is 17.3 Å². The fourth-order valence-corrected chi connectivity index (χ4v) is 2.51. The summed E-state index contributed by atoms with van der Waals surface area (Å²) in [5, 5.41) is 3.19. The molecule has 0 aromatic heterocycles. The maximum Gasteiger partial charge on any atom is 0.147 e. The van der Waals surface area contributed by atoms with Crippen LogP contribution in [-0.2, 0) is 9.84 Å². The van der Waals surface area contributed by atoms with Gasteiger partial charge in [0.15, 0.2) is 0 Å².